The molecule has 0 spiro atoms. The van der Waals surface area contributed by atoms with Crippen molar-refractivity contribution in [2.45, 2.75) is 11.7 Å². The average molecular weight is 467 g/mol. The van der Waals surface area contributed by atoms with Crippen LogP contribution in [-0.2, 0) is 11.3 Å². The Kier molecular flexibility index (Phi) is 7.08. The first-order valence-corrected chi connectivity index (χ1v) is 11.7. The van der Waals surface area contributed by atoms with E-state index in [2.05, 4.69) is 15.5 Å². The van der Waals surface area contributed by atoms with E-state index in [-0.39, 0.29) is 11.7 Å². The van der Waals surface area contributed by atoms with E-state index in [0.29, 0.717) is 23.3 Å². The highest BCUT2D eigenvalue weighted by molar-refractivity contribution is 7.99. The predicted octanol–water partition coefficient (Wildman–Crippen LogP) is 4.42. The number of carbonyl (C=O) groups is 1. The standard InChI is InChI=1S/C23H22N4O3S2/c1-29-17-11-9-16(10-12-17)14-24-21(28)15-32-23-26-25-22(20-8-5-13-31-20)27(23)18-6-3-4-7-19(18)30-2/h3-13H,14-15H2,1-2H3,(H,24,28). The van der Waals surface area contributed by atoms with Gasteiger partial charge < -0.3 is 14.8 Å². The zero-order valence-electron chi connectivity index (χ0n) is 17.6. The number of hydrogen-bond acceptors (Lipinski definition) is 7. The van der Waals surface area contributed by atoms with Gasteiger partial charge in [0.15, 0.2) is 11.0 Å². The molecule has 0 atom stereocenters. The predicted molar refractivity (Wildman–Crippen MR) is 127 cm³/mol. The molecule has 0 aliphatic rings. The average Bonchev–Trinajstić information content (AvgIpc) is 3.51. The molecular formula is C23H22N4O3S2. The second-order valence-electron chi connectivity index (χ2n) is 6.70. The highest BCUT2D eigenvalue weighted by Gasteiger charge is 2.20. The fraction of sp³-hybridized carbons (Fsp3) is 0.174. The van der Waals surface area contributed by atoms with Gasteiger partial charge >= 0.3 is 0 Å². The van der Waals surface area contributed by atoms with E-state index in [0.717, 1.165) is 21.9 Å². The quantitative estimate of drug-likeness (QED) is 0.368. The van der Waals surface area contributed by atoms with Crippen LogP contribution in [0.2, 0.25) is 0 Å². The molecule has 4 rings (SSSR count). The Labute approximate surface area is 194 Å². The molecule has 0 aliphatic heterocycles. The number of nitrogens with one attached hydrogen (secondary N) is 1. The fourth-order valence-electron chi connectivity index (χ4n) is 3.09. The molecule has 2 aromatic heterocycles. The Bertz CT molecular complexity index is 1170. The molecule has 164 valence electrons. The number of rotatable bonds is 9. The highest BCUT2D eigenvalue weighted by Crippen LogP contribution is 2.33. The molecule has 4 aromatic rings. The molecule has 32 heavy (non-hydrogen) atoms. The first kappa shape index (κ1) is 21.9. The van der Waals surface area contributed by atoms with E-state index in [1.54, 1.807) is 25.6 Å². The van der Waals surface area contributed by atoms with Crippen molar-refractivity contribution >= 4 is 29.0 Å². The second-order valence-corrected chi connectivity index (χ2v) is 8.59. The maximum absolute atomic E-state index is 12.5. The molecular weight excluding hydrogens is 444 g/mol. The summed E-state index contributed by atoms with van der Waals surface area (Å²) in [5.41, 5.74) is 1.82. The third-order valence-corrected chi connectivity index (χ3v) is 6.48. The number of benzene rings is 2. The molecule has 0 bridgehead atoms. The Morgan fingerprint density at radius 1 is 1.03 bits per heavy atom. The minimum atomic E-state index is -0.0851. The second kappa shape index (κ2) is 10.3. The van der Waals surface area contributed by atoms with Crippen molar-refractivity contribution in [3.05, 3.63) is 71.6 Å². The van der Waals surface area contributed by atoms with Crippen LogP contribution in [0.15, 0.2) is 71.2 Å². The van der Waals surface area contributed by atoms with Gasteiger partial charge in [0.25, 0.3) is 0 Å². The number of ether oxygens (including phenoxy) is 2. The summed E-state index contributed by atoms with van der Waals surface area (Å²) in [4.78, 5) is 13.5. The SMILES string of the molecule is COc1ccc(CNC(=O)CSc2nnc(-c3cccs3)n2-c2ccccc2OC)cc1. The van der Waals surface area contributed by atoms with Gasteiger partial charge in [0.1, 0.15) is 11.5 Å². The van der Waals surface area contributed by atoms with Gasteiger partial charge in [-0.15, -0.1) is 21.5 Å². The van der Waals surface area contributed by atoms with Gasteiger partial charge in [0.2, 0.25) is 5.91 Å². The number of thiophene rings is 1. The van der Waals surface area contributed by atoms with Gasteiger partial charge in [0, 0.05) is 6.54 Å². The van der Waals surface area contributed by atoms with Crippen molar-refractivity contribution in [1.82, 2.24) is 20.1 Å². The number of para-hydroxylation sites is 2. The number of nitrogens with zero attached hydrogens (tertiary/aromatic N) is 3. The molecule has 1 N–H and O–H groups in total. The van der Waals surface area contributed by atoms with E-state index >= 15 is 0 Å². The first-order valence-electron chi connectivity index (χ1n) is 9.84. The molecule has 0 fully saturated rings. The van der Waals surface area contributed by atoms with E-state index in [1.807, 2.05) is 70.6 Å². The van der Waals surface area contributed by atoms with Crippen molar-refractivity contribution in [1.29, 1.82) is 0 Å². The van der Waals surface area contributed by atoms with Crippen LogP contribution >= 0.6 is 23.1 Å². The van der Waals surface area contributed by atoms with Crippen LogP contribution in [0.25, 0.3) is 16.4 Å². The van der Waals surface area contributed by atoms with Crippen LogP contribution in [0.3, 0.4) is 0 Å². The third kappa shape index (κ3) is 4.95. The minimum absolute atomic E-state index is 0.0851. The monoisotopic (exact) mass is 466 g/mol. The van der Waals surface area contributed by atoms with Crippen molar-refractivity contribution in [2.24, 2.45) is 0 Å². The van der Waals surface area contributed by atoms with E-state index < -0.39 is 0 Å². The summed E-state index contributed by atoms with van der Waals surface area (Å²) in [6, 6.07) is 19.3. The molecule has 7 nitrogen and oxygen atoms in total. The summed E-state index contributed by atoms with van der Waals surface area (Å²) < 4.78 is 12.7. The fourth-order valence-corrected chi connectivity index (χ4v) is 4.56. The lowest BCUT2D eigenvalue weighted by Gasteiger charge is -2.13. The molecule has 0 unspecified atom stereocenters. The summed E-state index contributed by atoms with van der Waals surface area (Å²) in [5.74, 6) is 2.33. The van der Waals surface area contributed by atoms with Gasteiger partial charge in [-0.25, -0.2) is 0 Å². The van der Waals surface area contributed by atoms with Crippen molar-refractivity contribution < 1.29 is 14.3 Å². The van der Waals surface area contributed by atoms with Crippen molar-refractivity contribution in [3.8, 4) is 27.9 Å². The third-order valence-electron chi connectivity index (χ3n) is 4.68. The van der Waals surface area contributed by atoms with Crippen LogP contribution in [0.4, 0.5) is 0 Å². The lowest BCUT2D eigenvalue weighted by Crippen LogP contribution is -2.24. The Morgan fingerprint density at radius 2 is 1.84 bits per heavy atom. The molecule has 0 saturated carbocycles. The normalized spacial score (nSPS) is 10.7. The van der Waals surface area contributed by atoms with Crippen LogP contribution in [-0.4, -0.2) is 40.6 Å². The minimum Gasteiger partial charge on any atom is -0.497 e. The lowest BCUT2D eigenvalue weighted by atomic mass is 10.2. The Balaban J connectivity index is 1.50. The zero-order valence-corrected chi connectivity index (χ0v) is 19.3. The van der Waals surface area contributed by atoms with Crippen LogP contribution in [0, 0.1) is 0 Å². The smallest absolute Gasteiger partial charge is 0.230 e. The largest absolute Gasteiger partial charge is 0.497 e. The topological polar surface area (TPSA) is 78.3 Å². The summed E-state index contributed by atoms with van der Waals surface area (Å²) in [6.07, 6.45) is 0. The van der Waals surface area contributed by atoms with Gasteiger partial charge in [0.05, 0.1) is 30.5 Å². The van der Waals surface area contributed by atoms with Crippen molar-refractivity contribution in [2.75, 3.05) is 20.0 Å². The number of carbonyl (C=O) groups excluding carboxylic acids is 1. The number of hydrogen-bond donors (Lipinski definition) is 1. The molecule has 1 amide bonds. The van der Waals surface area contributed by atoms with Crippen molar-refractivity contribution in [3.63, 3.8) is 0 Å². The molecule has 9 heteroatoms. The van der Waals surface area contributed by atoms with E-state index in [1.165, 1.54) is 11.8 Å². The van der Waals surface area contributed by atoms with Gasteiger partial charge in [-0.1, -0.05) is 42.1 Å². The molecule has 0 radical (unpaired) electrons. The van der Waals surface area contributed by atoms with Gasteiger partial charge in [-0.05, 0) is 41.3 Å². The molecule has 0 aliphatic carbocycles. The van der Waals surface area contributed by atoms with Gasteiger partial charge in [-0.3, -0.25) is 9.36 Å². The van der Waals surface area contributed by atoms with Crippen LogP contribution in [0.1, 0.15) is 5.56 Å². The number of methoxy groups -OCH3 is 2. The van der Waals surface area contributed by atoms with E-state index in [9.17, 15) is 4.79 Å². The number of aromatic nitrogens is 3. The molecule has 0 saturated heterocycles. The van der Waals surface area contributed by atoms with Gasteiger partial charge in [-0.2, -0.15) is 0 Å². The summed E-state index contributed by atoms with van der Waals surface area (Å²) in [6.45, 7) is 0.447. The Hall–Kier alpha value is -3.30. The molecule has 2 aromatic carbocycles. The Morgan fingerprint density at radius 3 is 2.56 bits per heavy atom. The molecule has 2 heterocycles. The zero-order chi connectivity index (χ0) is 22.3. The van der Waals surface area contributed by atoms with E-state index in [4.69, 9.17) is 9.47 Å². The summed E-state index contributed by atoms with van der Waals surface area (Å²) in [5, 5.41) is 14.3. The van der Waals surface area contributed by atoms with Crippen LogP contribution < -0.4 is 14.8 Å². The summed E-state index contributed by atoms with van der Waals surface area (Å²) >= 11 is 2.92. The maximum Gasteiger partial charge on any atom is 0.230 e. The number of amides is 1. The maximum atomic E-state index is 12.5. The summed E-state index contributed by atoms with van der Waals surface area (Å²) in [7, 11) is 3.26. The lowest BCUT2D eigenvalue weighted by molar-refractivity contribution is -0.118. The number of thioether (sulfide) groups is 1. The first-order chi connectivity index (χ1) is 15.7. The highest BCUT2D eigenvalue weighted by atomic mass is 32.2. The van der Waals surface area contributed by atoms with Crippen LogP contribution in [0.5, 0.6) is 11.5 Å².